The number of hydrogen-bond donors (Lipinski definition) is 2. The summed E-state index contributed by atoms with van der Waals surface area (Å²) in [5, 5.41) is 16.3. The van der Waals surface area contributed by atoms with Gasteiger partial charge in [0.25, 0.3) is 0 Å². The maximum atomic E-state index is 12.9. The number of halogens is 7. The Hall–Kier alpha value is -0.545. The second-order valence-corrected chi connectivity index (χ2v) is 2.79. The monoisotopic (exact) mass is 258 g/mol. The van der Waals surface area contributed by atoms with Crippen LogP contribution in [0, 0.1) is 0 Å². The number of alkyl halides is 7. The predicted molar refractivity (Wildman–Crippen MR) is 36.6 cm³/mol. The normalized spacial score (nSPS) is 17.1. The van der Waals surface area contributed by atoms with Crippen molar-refractivity contribution in [3.63, 3.8) is 0 Å². The van der Waals surface area contributed by atoms with Gasteiger partial charge in [0.1, 0.15) is 0 Å². The third-order valence-corrected chi connectivity index (χ3v) is 1.42. The van der Waals surface area contributed by atoms with Crippen LogP contribution in [0.5, 0.6) is 0 Å². The van der Waals surface area contributed by atoms with Gasteiger partial charge in [-0.25, -0.2) is 9.13 Å². The van der Waals surface area contributed by atoms with E-state index in [-0.39, 0.29) is 0 Å². The fraction of sp³-hybridized carbons (Fsp3) is 1.00. The highest BCUT2D eigenvalue weighted by Gasteiger charge is 2.62. The Bertz CT molecular complexity index is 227. The van der Waals surface area contributed by atoms with Gasteiger partial charge < -0.3 is 10.0 Å². The Morgan fingerprint density at radius 2 is 1.38 bits per heavy atom. The number of hydrogen-bond acceptors (Lipinski definition) is 3. The zero-order chi connectivity index (χ0) is 13.2. The van der Waals surface area contributed by atoms with Crippen LogP contribution in [0.15, 0.2) is 0 Å². The van der Waals surface area contributed by atoms with Crippen molar-refractivity contribution in [3.05, 3.63) is 0 Å². The minimum Gasteiger partial charge on any atom is -0.427 e. The van der Waals surface area contributed by atoms with Crippen LogP contribution in [0.25, 0.3) is 0 Å². The lowest BCUT2D eigenvalue weighted by Gasteiger charge is -2.28. The summed E-state index contributed by atoms with van der Waals surface area (Å²) in [6.45, 7) is 0. The molecule has 0 rings (SSSR count). The highest BCUT2D eigenvalue weighted by molar-refractivity contribution is 6.40. The Morgan fingerprint density at radius 3 is 1.62 bits per heavy atom. The number of ether oxygens (including phenoxy) is 1. The van der Waals surface area contributed by atoms with Gasteiger partial charge in [0.2, 0.25) is 0 Å². The van der Waals surface area contributed by atoms with Crippen molar-refractivity contribution in [2.75, 3.05) is 0 Å². The van der Waals surface area contributed by atoms with Crippen LogP contribution >= 0.6 is 0 Å². The van der Waals surface area contributed by atoms with Crippen molar-refractivity contribution >= 4 is 7.12 Å². The Labute approximate surface area is 85.0 Å². The molecule has 0 spiro atoms. The van der Waals surface area contributed by atoms with E-state index in [0.29, 0.717) is 0 Å². The van der Waals surface area contributed by atoms with Crippen molar-refractivity contribution in [2.24, 2.45) is 0 Å². The molecule has 1 atom stereocenters. The number of rotatable bonds is 4. The molecule has 0 aliphatic heterocycles. The summed E-state index contributed by atoms with van der Waals surface area (Å²) in [7, 11) is -2.37. The van der Waals surface area contributed by atoms with E-state index in [1.807, 2.05) is 0 Å². The molecule has 0 aliphatic carbocycles. The van der Waals surface area contributed by atoms with Gasteiger partial charge in [0.05, 0.1) is 0 Å². The van der Waals surface area contributed by atoms with Gasteiger partial charge in [0.15, 0.2) is 0 Å². The summed E-state index contributed by atoms with van der Waals surface area (Å²) >= 11 is 0. The molecule has 3 nitrogen and oxygen atoms in total. The standard InChI is InChI=1S/C5H6BF7O3/c7-3(4(8,9)10,1-2-6(14)15)16-5(11,12)13/h14-15H,1-2H2. The van der Waals surface area contributed by atoms with Crippen molar-refractivity contribution < 1.29 is 45.5 Å². The molecule has 1 unspecified atom stereocenters. The molecule has 0 aromatic carbocycles. The molecule has 0 heterocycles. The summed E-state index contributed by atoms with van der Waals surface area (Å²) in [5.41, 5.74) is 0. The first kappa shape index (κ1) is 15.5. The minimum atomic E-state index is -5.93. The highest BCUT2D eigenvalue weighted by Crippen LogP contribution is 2.42. The predicted octanol–water partition coefficient (Wildman–Crippen LogP) is 1.61. The van der Waals surface area contributed by atoms with Gasteiger partial charge >= 0.3 is 25.5 Å². The SMILES string of the molecule is OB(O)CCC(F)(OC(F)(F)F)C(F)(F)F. The van der Waals surface area contributed by atoms with Crippen LogP contribution in [0.1, 0.15) is 6.42 Å². The third-order valence-electron chi connectivity index (χ3n) is 1.42. The van der Waals surface area contributed by atoms with Crippen LogP contribution in [0.4, 0.5) is 30.7 Å². The maximum absolute atomic E-state index is 12.9. The minimum absolute atomic E-state index is 1.26. The van der Waals surface area contributed by atoms with E-state index in [9.17, 15) is 30.7 Å². The molecule has 2 N–H and O–H groups in total. The molecule has 16 heavy (non-hydrogen) atoms. The van der Waals surface area contributed by atoms with Gasteiger partial charge in [-0.3, -0.25) is 0 Å². The Kier molecular flexibility index (Phi) is 4.59. The van der Waals surface area contributed by atoms with E-state index < -0.39 is 38.3 Å². The zero-order valence-corrected chi connectivity index (χ0v) is 7.44. The molecule has 0 aromatic heterocycles. The summed E-state index contributed by atoms with van der Waals surface area (Å²) in [5.74, 6) is -4.99. The van der Waals surface area contributed by atoms with Gasteiger partial charge in [0, 0.05) is 6.42 Å². The smallest absolute Gasteiger partial charge is 0.427 e. The lowest BCUT2D eigenvalue weighted by Crippen LogP contribution is -2.47. The van der Waals surface area contributed by atoms with Gasteiger partial charge in [-0.15, -0.1) is 13.2 Å². The van der Waals surface area contributed by atoms with Crippen LogP contribution in [-0.4, -0.2) is 35.6 Å². The Balaban J connectivity index is 4.77. The summed E-state index contributed by atoms with van der Waals surface area (Å²) in [4.78, 5) is 0. The molecule has 0 saturated carbocycles. The van der Waals surface area contributed by atoms with Crippen LogP contribution < -0.4 is 0 Å². The molecule has 0 aliphatic rings. The van der Waals surface area contributed by atoms with Crippen molar-refractivity contribution in [1.29, 1.82) is 0 Å². The molecule has 11 heteroatoms. The molecule has 0 fully saturated rings. The summed E-state index contributed by atoms with van der Waals surface area (Å²) < 4.78 is 85.5. The zero-order valence-electron chi connectivity index (χ0n) is 7.44. The average molecular weight is 258 g/mol. The molecule has 0 amide bonds. The van der Waals surface area contributed by atoms with E-state index in [4.69, 9.17) is 10.0 Å². The van der Waals surface area contributed by atoms with Crippen molar-refractivity contribution in [2.45, 2.75) is 31.1 Å². The van der Waals surface area contributed by atoms with Gasteiger partial charge in [-0.05, 0) is 6.32 Å². The summed E-state index contributed by atoms with van der Waals surface area (Å²) in [6.07, 6.45) is -14.9. The second-order valence-electron chi connectivity index (χ2n) is 2.79. The molecular formula is C5H6BF7O3. The second kappa shape index (κ2) is 4.76. The third kappa shape index (κ3) is 4.99. The van der Waals surface area contributed by atoms with Crippen LogP contribution in [-0.2, 0) is 4.74 Å². The molecule has 0 aromatic rings. The molecule has 0 radical (unpaired) electrons. The van der Waals surface area contributed by atoms with Crippen LogP contribution in [0.3, 0.4) is 0 Å². The van der Waals surface area contributed by atoms with E-state index in [0.717, 1.165) is 0 Å². The van der Waals surface area contributed by atoms with Crippen LogP contribution in [0.2, 0.25) is 6.32 Å². The average Bonchev–Trinajstić information content (AvgIpc) is 1.95. The fourth-order valence-corrected chi connectivity index (χ4v) is 0.749. The Morgan fingerprint density at radius 1 is 0.938 bits per heavy atom. The van der Waals surface area contributed by atoms with E-state index in [1.54, 1.807) is 0 Å². The van der Waals surface area contributed by atoms with Gasteiger partial charge in [-0.1, -0.05) is 0 Å². The fourth-order valence-electron chi connectivity index (χ4n) is 0.749. The first-order valence-corrected chi connectivity index (χ1v) is 3.76. The lowest BCUT2D eigenvalue weighted by molar-refractivity contribution is -0.448. The van der Waals surface area contributed by atoms with E-state index >= 15 is 0 Å². The molecule has 0 bridgehead atoms. The van der Waals surface area contributed by atoms with Crippen molar-refractivity contribution in [3.8, 4) is 0 Å². The van der Waals surface area contributed by atoms with Gasteiger partial charge in [-0.2, -0.15) is 13.2 Å². The largest absolute Gasteiger partial charge is 0.525 e. The first-order chi connectivity index (χ1) is 6.87. The highest BCUT2D eigenvalue weighted by atomic mass is 19.4. The van der Waals surface area contributed by atoms with E-state index in [2.05, 4.69) is 4.74 Å². The van der Waals surface area contributed by atoms with Crippen molar-refractivity contribution in [1.82, 2.24) is 0 Å². The molecular weight excluding hydrogens is 252 g/mol. The quantitative estimate of drug-likeness (QED) is 0.594. The molecule has 96 valence electrons. The lowest BCUT2D eigenvalue weighted by atomic mass is 9.82. The maximum Gasteiger partial charge on any atom is 0.525 e. The topological polar surface area (TPSA) is 49.7 Å². The molecule has 0 saturated heterocycles. The van der Waals surface area contributed by atoms with E-state index in [1.165, 1.54) is 0 Å². The first-order valence-electron chi connectivity index (χ1n) is 3.76. The summed E-state index contributed by atoms with van der Waals surface area (Å²) in [6, 6.07) is 0.